The lowest BCUT2D eigenvalue weighted by Crippen LogP contribution is -2.36. The van der Waals surface area contributed by atoms with Gasteiger partial charge in [-0.3, -0.25) is 4.79 Å². The molecule has 3 nitrogen and oxygen atoms in total. The summed E-state index contributed by atoms with van der Waals surface area (Å²) >= 11 is 3.38. The van der Waals surface area contributed by atoms with Crippen LogP contribution < -0.4 is 5.32 Å². The molecule has 0 aromatic heterocycles. The molecule has 0 radical (unpaired) electrons. The first-order chi connectivity index (χ1) is 8.54. The van der Waals surface area contributed by atoms with Crippen molar-refractivity contribution in [3.05, 3.63) is 34.3 Å². The SMILES string of the molecule is CC(C)C(CO)C(=O)NCCc1ccc(Br)cc1. The van der Waals surface area contributed by atoms with E-state index in [1.165, 1.54) is 5.56 Å². The third-order valence-electron chi connectivity index (χ3n) is 2.96. The molecule has 1 atom stereocenters. The highest BCUT2D eigenvalue weighted by atomic mass is 79.9. The number of nitrogens with one attached hydrogen (secondary N) is 1. The van der Waals surface area contributed by atoms with Gasteiger partial charge in [0.15, 0.2) is 0 Å². The molecule has 0 saturated carbocycles. The molecule has 0 saturated heterocycles. The predicted molar refractivity (Wildman–Crippen MR) is 76.3 cm³/mol. The molecule has 1 aromatic carbocycles. The lowest BCUT2D eigenvalue weighted by atomic mass is 9.96. The molecule has 1 unspecified atom stereocenters. The smallest absolute Gasteiger partial charge is 0.225 e. The molecular formula is C14H20BrNO2. The van der Waals surface area contributed by atoms with Crippen LogP contribution in [-0.4, -0.2) is 24.2 Å². The average Bonchev–Trinajstić information content (AvgIpc) is 2.32. The molecule has 0 spiro atoms. The van der Waals surface area contributed by atoms with Crippen LogP contribution in [0.25, 0.3) is 0 Å². The van der Waals surface area contributed by atoms with Crippen molar-refractivity contribution in [1.82, 2.24) is 5.32 Å². The van der Waals surface area contributed by atoms with E-state index in [9.17, 15) is 4.79 Å². The predicted octanol–water partition coefficient (Wildman–Crippen LogP) is 2.37. The zero-order valence-electron chi connectivity index (χ0n) is 10.8. The van der Waals surface area contributed by atoms with Crippen LogP contribution >= 0.6 is 15.9 Å². The summed E-state index contributed by atoms with van der Waals surface area (Å²) in [6, 6.07) is 8.04. The average molecular weight is 314 g/mol. The van der Waals surface area contributed by atoms with Gasteiger partial charge in [0.2, 0.25) is 5.91 Å². The second-order valence-electron chi connectivity index (χ2n) is 4.70. The Labute approximate surface area is 117 Å². The number of halogens is 1. The minimum Gasteiger partial charge on any atom is -0.396 e. The van der Waals surface area contributed by atoms with Crippen molar-refractivity contribution in [2.75, 3.05) is 13.2 Å². The standard InChI is InChI=1S/C14H20BrNO2/c1-10(2)13(9-17)14(18)16-8-7-11-3-5-12(15)6-4-11/h3-6,10,13,17H,7-9H2,1-2H3,(H,16,18). The highest BCUT2D eigenvalue weighted by molar-refractivity contribution is 9.10. The molecule has 2 N–H and O–H groups in total. The van der Waals surface area contributed by atoms with E-state index in [-0.39, 0.29) is 24.3 Å². The van der Waals surface area contributed by atoms with Crippen LogP contribution in [-0.2, 0) is 11.2 Å². The van der Waals surface area contributed by atoms with E-state index in [1.54, 1.807) is 0 Å². The molecule has 0 bridgehead atoms. The van der Waals surface area contributed by atoms with Gasteiger partial charge in [-0.15, -0.1) is 0 Å². The van der Waals surface area contributed by atoms with E-state index < -0.39 is 0 Å². The Morgan fingerprint density at radius 2 is 1.94 bits per heavy atom. The Balaban J connectivity index is 2.37. The maximum Gasteiger partial charge on any atom is 0.225 e. The number of amides is 1. The van der Waals surface area contributed by atoms with Gasteiger partial charge in [0.25, 0.3) is 0 Å². The zero-order valence-corrected chi connectivity index (χ0v) is 12.4. The zero-order chi connectivity index (χ0) is 13.5. The van der Waals surface area contributed by atoms with Crippen molar-refractivity contribution in [3.8, 4) is 0 Å². The van der Waals surface area contributed by atoms with Crippen molar-refractivity contribution >= 4 is 21.8 Å². The number of aliphatic hydroxyl groups excluding tert-OH is 1. The fraction of sp³-hybridized carbons (Fsp3) is 0.500. The molecule has 0 aliphatic carbocycles. The first-order valence-corrected chi connectivity index (χ1v) is 6.97. The largest absolute Gasteiger partial charge is 0.396 e. The van der Waals surface area contributed by atoms with Crippen LogP contribution in [0.4, 0.5) is 0 Å². The highest BCUT2D eigenvalue weighted by Gasteiger charge is 2.20. The van der Waals surface area contributed by atoms with Crippen molar-refractivity contribution in [2.45, 2.75) is 20.3 Å². The summed E-state index contributed by atoms with van der Waals surface area (Å²) in [5.41, 5.74) is 1.18. The maximum absolute atomic E-state index is 11.8. The number of benzene rings is 1. The Morgan fingerprint density at radius 3 is 2.44 bits per heavy atom. The Kier molecular flexibility index (Phi) is 6.36. The van der Waals surface area contributed by atoms with Crippen LogP contribution in [0.5, 0.6) is 0 Å². The molecule has 0 fully saturated rings. The molecule has 4 heteroatoms. The van der Waals surface area contributed by atoms with Gasteiger partial charge in [-0.1, -0.05) is 41.9 Å². The number of hydrogen-bond acceptors (Lipinski definition) is 2. The van der Waals surface area contributed by atoms with Crippen LogP contribution in [0.3, 0.4) is 0 Å². The minimum absolute atomic E-state index is 0.0652. The number of carbonyl (C=O) groups excluding carboxylic acids is 1. The van der Waals surface area contributed by atoms with Gasteiger partial charge in [0, 0.05) is 11.0 Å². The summed E-state index contributed by atoms with van der Waals surface area (Å²) in [5, 5.41) is 12.0. The van der Waals surface area contributed by atoms with Crippen molar-refractivity contribution in [1.29, 1.82) is 0 Å². The molecule has 0 heterocycles. The number of rotatable bonds is 6. The Bertz CT molecular complexity index is 376. The van der Waals surface area contributed by atoms with Gasteiger partial charge in [-0.05, 0) is 30.0 Å². The van der Waals surface area contributed by atoms with Gasteiger partial charge in [-0.25, -0.2) is 0 Å². The monoisotopic (exact) mass is 313 g/mol. The van der Waals surface area contributed by atoms with Crippen LogP contribution in [0.15, 0.2) is 28.7 Å². The van der Waals surface area contributed by atoms with E-state index in [4.69, 9.17) is 5.11 Å². The molecule has 1 rings (SSSR count). The summed E-state index contributed by atoms with van der Waals surface area (Å²) in [7, 11) is 0. The van der Waals surface area contributed by atoms with Crippen molar-refractivity contribution in [2.24, 2.45) is 11.8 Å². The minimum atomic E-state index is -0.310. The van der Waals surface area contributed by atoms with Gasteiger partial charge in [0.1, 0.15) is 0 Å². The fourth-order valence-corrected chi connectivity index (χ4v) is 1.97. The van der Waals surface area contributed by atoms with E-state index in [0.29, 0.717) is 6.54 Å². The fourth-order valence-electron chi connectivity index (χ4n) is 1.71. The Hall–Kier alpha value is -0.870. The summed E-state index contributed by atoms with van der Waals surface area (Å²) in [6.07, 6.45) is 0.801. The van der Waals surface area contributed by atoms with Crippen LogP contribution in [0, 0.1) is 11.8 Å². The van der Waals surface area contributed by atoms with E-state index in [2.05, 4.69) is 21.2 Å². The topological polar surface area (TPSA) is 49.3 Å². The lowest BCUT2D eigenvalue weighted by Gasteiger charge is -2.17. The molecule has 1 aromatic rings. The molecule has 0 aliphatic heterocycles. The van der Waals surface area contributed by atoms with Gasteiger partial charge in [-0.2, -0.15) is 0 Å². The molecule has 0 aliphatic rings. The summed E-state index contributed by atoms with van der Waals surface area (Å²) in [4.78, 5) is 11.8. The molecule has 100 valence electrons. The lowest BCUT2D eigenvalue weighted by molar-refractivity contribution is -0.127. The second-order valence-corrected chi connectivity index (χ2v) is 5.62. The third-order valence-corrected chi connectivity index (χ3v) is 3.49. The summed E-state index contributed by atoms with van der Waals surface area (Å²) in [5.74, 6) is -0.220. The van der Waals surface area contributed by atoms with Crippen LogP contribution in [0.1, 0.15) is 19.4 Å². The van der Waals surface area contributed by atoms with Gasteiger partial charge >= 0.3 is 0 Å². The number of carbonyl (C=O) groups is 1. The Morgan fingerprint density at radius 1 is 1.33 bits per heavy atom. The van der Waals surface area contributed by atoms with E-state index >= 15 is 0 Å². The highest BCUT2D eigenvalue weighted by Crippen LogP contribution is 2.11. The number of aliphatic hydroxyl groups is 1. The normalized spacial score (nSPS) is 12.5. The first kappa shape index (κ1) is 15.2. The molecule has 1 amide bonds. The van der Waals surface area contributed by atoms with Crippen LogP contribution in [0.2, 0.25) is 0 Å². The number of hydrogen-bond donors (Lipinski definition) is 2. The van der Waals surface area contributed by atoms with E-state index in [1.807, 2.05) is 38.1 Å². The third kappa shape index (κ3) is 4.78. The molecule has 18 heavy (non-hydrogen) atoms. The van der Waals surface area contributed by atoms with Gasteiger partial charge in [0.05, 0.1) is 12.5 Å². The second kappa shape index (κ2) is 7.54. The summed E-state index contributed by atoms with van der Waals surface area (Å²) < 4.78 is 1.05. The summed E-state index contributed by atoms with van der Waals surface area (Å²) in [6.45, 7) is 4.38. The van der Waals surface area contributed by atoms with Crippen molar-refractivity contribution < 1.29 is 9.90 Å². The van der Waals surface area contributed by atoms with Gasteiger partial charge < -0.3 is 10.4 Å². The van der Waals surface area contributed by atoms with E-state index in [0.717, 1.165) is 10.9 Å². The molecular weight excluding hydrogens is 294 g/mol. The maximum atomic E-state index is 11.8. The van der Waals surface area contributed by atoms with Crippen molar-refractivity contribution in [3.63, 3.8) is 0 Å². The quantitative estimate of drug-likeness (QED) is 0.847. The first-order valence-electron chi connectivity index (χ1n) is 6.17.